The van der Waals surface area contributed by atoms with Crippen molar-refractivity contribution in [1.82, 2.24) is 5.32 Å². The zero-order valence-corrected chi connectivity index (χ0v) is 10.2. The lowest BCUT2D eigenvalue weighted by molar-refractivity contribution is -0.0229. The average Bonchev–Trinajstić information content (AvgIpc) is 2.33. The largest absolute Gasteiger partial charge is 0.389 e. The summed E-state index contributed by atoms with van der Waals surface area (Å²) < 4.78 is 5.69. The van der Waals surface area contributed by atoms with Crippen LogP contribution in [0.4, 0.5) is 0 Å². The van der Waals surface area contributed by atoms with E-state index in [9.17, 15) is 5.11 Å². The predicted octanol–water partition coefficient (Wildman–Crippen LogP) is 0.635. The Hall–Kier alpha value is -0.160. The topological polar surface area (TPSA) is 67.5 Å². The lowest BCUT2D eigenvalue weighted by atomic mass is 9.98. The van der Waals surface area contributed by atoms with Crippen molar-refractivity contribution in [2.24, 2.45) is 5.73 Å². The molecule has 0 aromatic rings. The molecule has 4 heteroatoms. The summed E-state index contributed by atoms with van der Waals surface area (Å²) in [7, 11) is 0. The molecule has 0 aromatic carbocycles. The fourth-order valence-electron chi connectivity index (χ4n) is 2.03. The van der Waals surface area contributed by atoms with Crippen molar-refractivity contribution in [1.29, 1.82) is 0 Å². The lowest BCUT2D eigenvalue weighted by Crippen LogP contribution is -2.33. The summed E-state index contributed by atoms with van der Waals surface area (Å²) >= 11 is 0. The van der Waals surface area contributed by atoms with Gasteiger partial charge in [0.25, 0.3) is 0 Å². The molecule has 0 saturated heterocycles. The van der Waals surface area contributed by atoms with E-state index in [0.29, 0.717) is 25.8 Å². The van der Waals surface area contributed by atoms with E-state index in [1.165, 1.54) is 19.3 Å². The second-order valence-electron chi connectivity index (χ2n) is 4.59. The zero-order chi connectivity index (χ0) is 11.6. The maximum Gasteiger partial charge on any atom is 0.0897 e. The van der Waals surface area contributed by atoms with E-state index in [4.69, 9.17) is 10.5 Å². The molecule has 1 atom stereocenters. The molecule has 1 rings (SSSR count). The maximum atomic E-state index is 9.66. The third kappa shape index (κ3) is 6.43. The van der Waals surface area contributed by atoms with Crippen LogP contribution in [0.15, 0.2) is 0 Å². The number of ether oxygens (including phenoxy) is 1. The van der Waals surface area contributed by atoms with E-state index in [-0.39, 0.29) is 6.10 Å². The third-order valence-corrected chi connectivity index (χ3v) is 3.01. The van der Waals surface area contributed by atoms with Gasteiger partial charge in [0.15, 0.2) is 0 Å². The minimum absolute atomic E-state index is 0.382. The standard InChI is InChI=1S/C12H26N2O2/c13-7-4-8-14-9-11(15)10-16-12-5-2-1-3-6-12/h11-12,14-15H,1-10,13H2. The van der Waals surface area contributed by atoms with E-state index in [2.05, 4.69) is 5.32 Å². The Morgan fingerprint density at radius 2 is 2.06 bits per heavy atom. The Morgan fingerprint density at radius 3 is 2.75 bits per heavy atom. The highest BCUT2D eigenvalue weighted by Gasteiger charge is 2.15. The van der Waals surface area contributed by atoms with Crippen LogP contribution in [0.5, 0.6) is 0 Å². The molecular formula is C12H26N2O2. The minimum Gasteiger partial charge on any atom is -0.389 e. The van der Waals surface area contributed by atoms with Gasteiger partial charge in [-0.2, -0.15) is 0 Å². The Bertz CT molecular complexity index is 161. The van der Waals surface area contributed by atoms with E-state index in [0.717, 1.165) is 25.8 Å². The van der Waals surface area contributed by atoms with Crippen molar-refractivity contribution in [2.45, 2.75) is 50.7 Å². The summed E-state index contributed by atoms with van der Waals surface area (Å²) in [4.78, 5) is 0. The molecule has 96 valence electrons. The van der Waals surface area contributed by atoms with Gasteiger partial charge in [0, 0.05) is 6.54 Å². The molecule has 0 heterocycles. The van der Waals surface area contributed by atoms with Crippen molar-refractivity contribution < 1.29 is 9.84 Å². The summed E-state index contributed by atoms with van der Waals surface area (Å²) in [5, 5.41) is 12.8. The van der Waals surface area contributed by atoms with Gasteiger partial charge in [0.05, 0.1) is 18.8 Å². The molecular weight excluding hydrogens is 204 g/mol. The smallest absolute Gasteiger partial charge is 0.0897 e. The van der Waals surface area contributed by atoms with E-state index >= 15 is 0 Å². The van der Waals surface area contributed by atoms with Crippen molar-refractivity contribution >= 4 is 0 Å². The number of hydrogen-bond donors (Lipinski definition) is 3. The number of aliphatic hydroxyl groups excluding tert-OH is 1. The van der Waals surface area contributed by atoms with Gasteiger partial charge in [-0.15, -0.1) is 0 Å². The van der Waals surface area contributed by atoms with Gasteiger partial charge in [-0.1, -0.05) is 19.3 Å². The molecule has 1 fully saturated rings. The molecule has 0 aromatic heterocycles. The van der Waals surface area contributed by atoms with E-state index < -0.39 is 0 Å². The van der Waals surface area contributed by atoms with Crippen LogP contribution >= 0.6 is 0 Å². The molecule has 4 N–H and O–H groups in total. The molecule has 1 unspecified atom stereocenters. The second kappa shape index (κ2) is 8.93. The first-order chi connectivity index (χ1) is 7.83. The number of nitrogens with two attached hydrogens (primary N) is 1. The summed E-state index contributed by atoms with van der Waals surface area (Å²) in [6.45, 7) is 2.63. The summed E-state index contributed by atoms with van der Waals surface area (Å²) in [6.07, 6.45) is 7.15. The molecule has 4 nitrogen and oxygen atoms in total. The SMILES string of the molecule is NCCCNCC(O)COC1CCCCC1. The molecule has 0 radical (unpaired) electrons. The lowest BCUT2D eigenvalue weighted by Gasteiger charge is -2.23. The van der Waals surface area contributed by atoms with Crippen LogP contribution < -0.4 is 11.1 Å². The number of nitrogens with one attached hydrogen (secondary N) is 1. The van der Waals surface area contributed by atoms with Gasteiger partial charge in [0.1, 0.15) is 0 Å². The van der Waals surface area contributed by atoms with Crippen LogP contribution in [0.3, 0.4) is 0 Å². The predicted molar refractivity (Wildman–Crippen MR) is 65.4 cm³/mol. The van der Waals surface area contributed by atoms with Gasteiger partial charge >= 0.3 is 0 Å². The van der Waals surface area contributed by atoms with Crippen molar-refractivity contribution in [3.05, 3.63) is 0 Å². The van der Waals surface area contributed by atoms with Crippen molar-refractivity contribution in [3.8, 4) is 0 Å². The quantitative estimate of drug-likeness (QED) is 0.535. The van der Waals surface area contributed by atoms with Crippen LogP contribution in [0.25, 0.3) is 0 Å². The Balaban J connectivity index is 1.94. The Labute approximate surface area is 98.5 Å². The molecule has 1 aliphatic rings. The summed E-state index contributed by atoms with van der Waals surface area (Å²) in [5.41, 5.74) is 5.37. The normalized spacial score (nSPS) is 19.9. The second-order valence-corrected chi connectivity index (χ2v) is 4.59. The fourth-order valence-corrected chi connectivity index (χ4v) is 2.03. The highest BCUT2D eigenvalue weighted by atomic mass is 16.5. The molecule has 0 spiro atoms. The first-order valence-corrected chi connectivity index (χ1v) is 6.53. The first-order valence-electron chi connectivity index (χ1n) is 6.53. The van der Waals surface area contributed by atoms with Gasteiger partial charge < -0.3 is 20.9 Å². The average molecular weight is 230 g/mol. The minimum atomic E-state index is -0.389. The molecule has 1 saturated carbocycles. The van der Waals surface area contributed by atoms with Crippen LogP contribution in [-0.2, 0) is 4.74 Å². The van der Waals surface area contributed by atoms with Gasteiger partial charge in [-0.25, -0.2) is 0 Å². The molecule has 0 amide bonds. The van der Waals surface area contributed by atoms with Gasteiger partial charge in [0.2, 0.25) is 0 Å². The fraction of sp³-hybridized carbons (Fsp3) is 1.00. The van der Waals surface area contributed by atoms with Crippen LogP contribution in [0.1, 0.15) is 38.5 Å². The highest BCUT2D eigenvalue weighted by Crippen LogP contribution is 2.20. The molecule has 0 bridgehead atoms. The Morgan fingerprint density at radius 1 is 1.31 bits per heavy atom. The number of hydrogen-bond acceptors (Lipinski definition) is 4. The highest BCUT2D eigenvalue weighted by molar-refractivity contribution is 4.67. The first kappa shape index (κ1) is 13.9. The van der Waals surface area contributed by atoms with E-state index in [1.807, 2.05) is 0 Å². The Kier molecular flexibility index (Phi) is 7.76. The maximum absolute atomic E-state index is 9.66. The van der Waals surface area contributed by atoms with Crippen molar-refractivity contribution in [3.63, 3.8) is 0 Å². The van der Waals surface area contributed by atoms with Gasteiger partial charge in [-0.3, -0.25) is 0 Å². The van der Waals surface area contributed by atoms with Gasteiger partial charge in [-0.05, 0) is 32.4 Å². The number of aliphatic hydroxyl groups is 1. The zero-order valence-electron chi connectivity index (χ0n) is 10.2. The van der Waals surface area contributed by atoms with E-state index in [1.54, 1.807) is 0 Å². The molecule has 0 aliphatic heterocycles. The van der Waals surface area contributed by atoms with Crippen LogP contribution in [0.2, 0.25) is 0 Å². The number of rotatable bonds is 8. The van der Waals surface area contributed by atoms with Crippen LogP contribution in [-0.4, -0.2) is 43.6 Å². The third-order valence-electron chi connectivity index (χ3n) is 3.01. The molecule has 16 heavy (non-hydrogen) atoms. The summed E-state index contributed by atoms with van der Waals surface area (Å²) in [5.74, 6) is 0. The van der Waals surface area contributed by atoms with Crippen LogP contribution in [0, 0.1) is 0 Å². The summed E-state index contributed by atoms with van der Waals surface area (Å²) in [6, 6.07) is 0. The molecule has 1 aliphatic carbocycles. The monoisotopic (exact) mass is 230 g/mol. The van der Waals surface area contributed by atoms with Crippen molar-refractivity contribution in [2.75, 3.05) is 26.2 Å².